The molecule has 140 valence electrons. The van der Waals surface area contributed by atoms with Gasteiger partial charge in [-0.05, 0) is 51.2 Å². The molecule has 6 heteroatoms. The molecule has 0 bridgehead atoms. The molecule has 2 amide bonds. The van der Waals surface area contributed by atoms with Gasteiger partial charge in [0, 0.05) is 45.5 Å². The normalized spacial score (nSPS) is 26.2. The number of piperidine rings is 1. The maximum atomic E-state index is 12.9. The molecule has 3 aliphatic heterocycles. The van der Waals surface area contributed by atoms with Crippen molar-refractivity contribution < 1.29 is 9.59 Å². The summed E-state index contributed by atoms with van der Waals surface area (Å²) in [6.45, 7) is 7.05. The van der Waals surface area contributed by atoms with Crippen LogP contribution in [0.15, 0.2) is 18.3 Å². The number of aromatic nitrogens is 1. The van der Waals surface area contributed by atoms with Crippen LogP contribution in [0, 0.1) is 5.41 Å². The number of hydrogen-bond donors (Lipinski definition) is 0. The molecule has 1 aromatic heterocycles. The maximum Gasteiger partial charge on any atom is 0.255 e. The molecule has 0 unspecified atom stereocenters. The van der Waals surface area contributed by atoms with E-state index in [-0.39, 0.29) is 11.3 Å². The standard InChI is InChI=1S/C20H28N4O2/c1-2-22-12-5-8-20(19(22)26)9-13-24(15-20)17-7-6-16(14-21-17)18(25)23-10-3-4-11-23/h6-7,14H,2-5,8-13,15H2,1H3/t20-/m1/s1. The molecule has 3 fully saturated rings. The number of carbonyl (C=O) groups excluding carboxylic acids is 2. The van der Waals surface area contributed by atoms with Crippen LogP contribution in [0.1, 0.15) is 49.4 Å². The highest BCUT2D eigenvalue weighted by Gasteiger charge is 2.48. The Morgan fingerprint density at radius 1 is 1.12 bits per heavy atom. The number of rotatable bonds is 3. The van der Waals surface area contributed by atoms with Gasteiger partial charge < -0.3 is 14.7 Å². The lowest BCUT2D eigenvalue weighted by Gasteiger charge is -2.38. The van der Waals surface area contributed by atoms with Crippen LogP contribution in [0.2, 0.25) is 0 Å². The molecule has 0 aromatic carbocycles. The molecule has 0 aliphatic carbocycles. The van der Waals surface area contributed by atoms with Crippen molar-refractivity contribution >= 4 is 17.6 Å². The monoisotopic (exact) mass is 356 g/mol. The summed E-state index contributed by atoms with van der Waals surface area (Å²) in [6, 6.07) is 3.82. The lowest BCUT2D eigenvalue weighted by Crippen LogP contribution is -2.49. The average molecular weight is 356 g/mol. The number of nitrogens with zero attached hydrogens (tertiary/aromatic N) is 4. The summed E-state index contributed by atoms with van der Waals surface area (Å²) in [5, 5.41) is 0. The lowest BCUT2D eigenvalue weighted by atomic mass is 9.78. The van der Waals surface area contributed by atoms with E-state index in [1.54, 1.807) is 6.20 Å². The van der Waals surface area contributed by atoms with Crippen molar-refractivity contribution in [3.05, 3.63) is 23.9 Å². The Bertz CT molecular complexity index is 684. The largest absolute Gasteiger partial charge is 0.356 e. The van der Waals surface area contributed by atoms with Crippen LogP contribution >= 0.6 is 0 Å². The predicted octanol–water partition coefficient (Wildman–Crippen LogP) is 2.16. The van der Waals surface area contributed by atoms with Gasteiger partial charge in [-0.15, -0.1) is 0 Å². The van der Waals surface area contributed by atoms with E-state index in [2.05, 4.69) is 16.8 Å². The molecule has 1 aromatic rings. The fourth-order valence-corrected chi connectivity index (χ4v) is 4.70. The second-order valence-corrected chi connectivity index (χ2v) is 7.84. The Kier molecular flexibility index (Phi) is 4.59. The minimum atomic E-state index is -0.236. The number of hydrogen-bond acceptors (Lipinski definition) is 4. The third kappa shape index (κ3) is 2.95. The van der Waals surface area contributed by atoms with Crippen molar-refractivity contribution in [2.24, 2.45) is 5.41 Å². The lowest BCUT2D eigenvalue weighted by molar-refractivity contribution is -0.144. The van der Waals surface area contributed by atoms with Crippen LogP contribution in [-0.4, -0.2) is 65.9 Å². The molecular weight excluding hydrogens is 328 g/mol. The van der Waals surface area contributed by atoms with E-state index >= 15 is 0 Å². The van der Waals surface area contributed by atoms with Crippen LogP contribution in [0.3, 0.4) is 0 Å². The van der Waals surface area contributed by atoms with Gasteiger partial charge in [0.25, 0.3) is 5.91 Å². The van der Waals surface area contributed by atoms with Crippen LogP contribution in [0.4, 0.5) is 5.82 Å². The first-order valence-electron chi connectivity index (χ1n) is 9.93. The Morgan fingerprint density at radius 3 is 2.62 bits per heavy atom. The summed E-state index contributed by atoms with van der Waals surface area (Å²) in [5.74, 6) is 1.27. The van der Waals surface area contributed by atoms with Gasteiger partial charge in [-0.3, -0.25) is 9.59 Å². The zero-order valence-electron chi connectivity index (χ0n) is 15.6. The Labute approximate surface area is 155 Å². The first-order valence-corrected chi connectivity index (χ1v) is 9.93. The molecule has 0 radical (unpaired) electrons. The molecule has 3 aliphatic rings. The summed E-state index contributed by atoms with van der Waals surface area (Å²) in [6.07, 6.45) is 6.85. The Hall–Kier alpha value is -2.11. The fourth-order valence-electron chi connectivity index (χ4n) is 4.70. The van der Waals surface area contributed by atoms with Gasteiger partial charge in [0.1, 0.15) is 5.82 Å². The zero-order valence-corrected chi connectivity index (χ0v) is 15.6. The van der Waals surface area contributed by atoms with Crippen LogP contribution in [0.25, 0.3) is 0 Å². The number of likely N-dealkylation sites (tertiary alicyclic amines) is 2. The van der Waals surface area contributed by atoms with E-state index in [1.165, 1.54) is 0 Å². The number of pyridine rings is 1. The quantitative estimate of drug-likeness (QED) is 0.833. The molecule has 1 spiro atoms. The molecule has 0 saturated carbocycles. The van der Waals surface area contributed by atoms with Crippen molar-refractivity contribution in [2.45, 2.75) is 39.0 Å². The van der Waals surface area contributed by atoms with Crippen LogP contribution in [0.5, 0.6) is 0 Å². The smallest absolute Gasteiger partial charge is 0.255 e. The molecule has 26 heavy (non-hydrogen) atoms. The van der Waals surface area contributed by atoms with Gasteiger partial charge in [0.05, 0.1) is 11.0 Å². The van der Waals surface area contributed by atoms with Crippen molar-refractivity contribution in [1.82, 2.24) is 14.8 Å². The number of anilines is 1. The summed E-state index contributed by atoms with van der Waals surface area (Å²) in [7, 11) is 0. The minimum absolute atomic E-state index is 0.0838. The summed E-state index contributed by atoms with van der Waals surface area (Å²) in [5.41, 5.74) is 0.426. The van der Waals surface area contributed by atoms with Crippen LogP contribution in [-0.2, 0) is 4.79 Å². The van der Waals surface area contributed by atoms with Gasteiger partial charge in [0.15, 0.2) is 0 Å². The van der Waals surface area contributed by atoms with E-state index in [0.717, 1.165) is 77.2 Å². The Balaban J connectivity index is 1.45. The molecule has 6 nitrogen and oxygen atoms in total. The van der Waals surface area contributed by atoms with E-state index in [4.69, 9.17) is 0 Å². The highest BCUT2D eigenvalue weighted by Crippen LogP contribution is 2.41. The van der Waals surface area contributed by atoms with Crippen molar-refractivity contribution in [2.75, 3.05) is 44.2 Å². The molecule has 4 rings (SSSR count). The van der Waals surface area contributed by atoms with Crippen molar-refractivity contribution in [3.63, 3.8) is 0 Å². The Morgan fingerprint density at radius 2 is 1.92 bits per heavy atom. The number of carbonyl (C=O) groups is 2. The fraction of sp³-hybridized carbons (Fsp3) is 0.650. The average Bonchev–Trinajstić information content (AvgIpc) is 3.35. The van der Waals surface area contributed by atoms with Gasteiger partial charge in [-0.1, -0.05) is 0 Å². The van der Waals surface area contributed by atoms with Gasteiger partial charge in [-0.2, -0.15) is 0 Å². The second-order valence-electron chi connectivity index (χ2n) is 7.84. The topological polar surface area (TPSA) is 56.8 Å². The minimum Gasteiger partial charge on any atom is -0.356 e. The van der Waals surface area contributed by atoms with Gasteiger partial charge in [0.2, 0.25) is 5.91 Å². The van der Waals surface area contributed by atoms with E-state index in [9.17, 15) is 9.59 Å². The molecule has 1 atom stereocenters. The molecular formula is C20H28N4O2. The number of amides is 2. The second kappa shape index (κ2) is 6.89. The summed E-state index contributed by atoms with van der Waals surface area (Å²) in [4.78, 5) is 36.0. The zero-order chi connectivity index (χ0) is 18.1. The molecule has 3 saturated heterocycles. The third-order valence-corrected chi connectivity index (χ3v) is 6.27. The SMILES string of the molecule is CCN1CCC[C@]2(CCN(c3ccc(C(=O)N4CCCC4)cn3)C2)C1=O. The van der Waals surface area contributed by atoms with Crippen molar-refractivity contribution in [1.29, 1.82) is 0 Å². The predicted molar refractivity (Wildman–Crippen MR) is 100 cm³/mol. The molecule has 0 N–H and O–H groups in total. The third-order valence-electron chi connectivity index (χ3n) is 6.27. The van der Waals surface area contributed by atoms with Gasteiger partial charge in [-0.25, -0.2) is 4.98 Å². The first kappa shape index (κ1) is 17.3. The van der Waals surface area contributed by atoms with Gasteiger partial charge >= 0.3 is 0 Å². The molecule has 4 heterocycles. The summed E-state index contributed by atoms with van der Waals surface area (Å²) < 4.78 is 0. The van der Waals surface area contributed by atoms with E-state index in [0.29, 0.717) is 11.5 Å². The summed E-state index contributed by atoms with van der Waals surface area (Å²) >= 11 is 0. The van der Waals surface area contributed by atoms with Crippen molar-refractivity contribution in [3.8, 4) is 0 Å². The highest BCUT2D eigenvalue weighted by atomic mass is 16.2. The first-order chi connectivity index (χ1) is 12.6. The van der Waals surface area contributed by atoms with E-state index < -0.39 is 0 Å². The highest BCUT2D eigenvalue weighted by molar-refractivity contribution is 5.94. The van der Waals surface area contributed by atoms with E-state index in [1.807, 2.05) is 21.9 Å². The maximum absolute atomic E-state index is 12.9. The van der Waals surface area contributed by atoms with Crippen LogP contribution < -0.4 is 4.90 Å².